The first-order valence-corrected chi connectivity index (χ1v) is 8.13. The minimum atomic E-state index is -0.0676. The molecule has 0 aliphatic heterocycles. The van der Waals surface area contributed by atoms with Crippen molar-refractivity contribution in [2.24, 2.45) is 0 Å². The second-order valence-electron chi connectivity index (χ2n) is 4.91. The van der Waals surface area contributed by atoms with Gasteiger partial charge in [0.25, 0.3) is 0 Å². The van der Waals surface area contributed by atoms with Crippen molar-refractivity contribution in [2.45, 2.75) is 0 Å². The van der Waals surface area contributed by atoms with Crippen LogP contribution in [-0.4, -0.2) is 5.78 Å². The van der Waals surface area contributed by atoms with Crippen LogP contribution in [0.1, 0.15) is 16.1 Å². The fraction of sp³-hybridized carbons (Fsp3) is 0. The Morgan fingerprint density at radius 2 is 1.65 bits per heavy atom. The van der Waals surface area contributed by atoms with E-state index < -0.39 is 0 Å². The smallest absolute Gasteiger partial charge is 0.185 e. The van der Waals surface area contributed by atoms with Gasteiger partial charge in [0.2, 0.25) is 0 Å². The van der Waals surface area contributed by atoms with Crippen LogP contribution < -0.4 is 0 Å². The Morgan fingerprint density at radius 3 is 2.35 bits per heavy atom. The molecule has 3 rings (SSSR count). The zero-order valence-electron chi connectivity index (χ0n) is 12.0. The number of hydrogen-bond acceptors (Lipinski definition) is 2. The maximum atomic E-state index is 12.1. The highest BCUT2D eigenvalue weighted by Crippen LogP contribution is 2.24. The van der Waals surface area contributed by atoms with Gasteiger partial charge in [0.1, 0.15) is 11.5 Å². The Labute approximate surface area is 147 Å². The molecule has 0 N–H and O–H groups in total. The van der Waals surface area contributed by atoms with E-state index in [-0.39, 0.29) is 5.78 Å². The number of benzene rings is 2. The minimum Gasteiger partial charge on any atom is -0.457 e. The van der Waals surface area contributed by atoms with Crippen molar-refractivity contribution in [1.29, 1.82) is 0 Å². The van der Waals surface area contributed by atoms with Gasteiger partial charge in [0, 0.05) is 20.6 Å². The number of halogens is 2. The lowest BCUT2D eigenvalue weighted by Crippen LogP contribution is -1.92. The monoisotopic (exact) mass is 386 g/mol. The van der Waals surface area contributed by atoms with Gasteiger partial charge >= 0.3 is 0 Å². The van der Waals surface area contributed by atoms with Gasteiger partial charge in [-0.2, -0.15) is 0 Å². The molecular weight excluding hydrogens is 376 g/mol. The number of ketones is 1. The number of allylic oxidation sites excluding steroid dienone is 1. The largest absolute Gasteiger partial charge is 0.457 e. The molecule has 0 spiro atoms. The van der Waals surface area contributed by atoms with E-state index in [1.54, 1.807) is 18.2 Å². The first kappa shape index (κ1) is 15.8. The summed E-state index contributed by atoms with van der Waals surface area (Å²) in [6, 6.07) is 18.3. The molecule has 4 heteroatoms. The van der Waals surface area contributed by atoms with Gasteiger partial charge in [-0.3, -0.25) is 4.79 Å². The Bertz CT molecular complexity index is 846. The van der Waals surface area contributed by atoms with Crippen LogP contribution in [0.5, 0.6) is 0 Å². The van der Waals surface area contributed by atoms with Crippen LogP contribution in [0, 0.1) is 0 Å². The highest BCUT2D eigenvalue weighted by molar-refractivity contribution is 9.10. The summed E-state index contributed by atoms with van der Waals surface area (Å²) in [5.74, 6) is 1.29. The van der Waals surface area contributed by atoms with E-state index in [1.165, 1.54) is 6.08 Å². The number of carbonyl (C=O) groups excluding carboxylic acids is 1. The molecule has 0 aliphatic rings. The molecule has 0 aliphatic carbocycles. The van der Waals surface area contributed by atoms with Gasteiger partial charge in [-0.15, -0.1) is 0 Å². The molecule has 2 nitrogen and oxygen atoms in total. The molecule has 0 amide bonds. The summed E-state index contributed by atoms with van der Waals surface area (Å²) in [5, 5.41) is 0.681. The SMILES string of the molecule is O=C(/C=C/c1ccc(-c2ccc(Cl)cc2)o1)c1ccc(Br)cc1. The maximum Gasteiger partial charge on any atom is 0.185 e. The summed E-state index contributed by atoms with van der Waals surface area (Å²) in [7, 11) is 0. The van der Waals surface area contributed by atoms with Gasteiger partial charge in [-0.25, -0.2) is 0 Å². The highest BCUT2D eigenvalue weighted by atomic mass is 79.9. The van der Waals surface area contributed by atoms with Gasteiger partial charge in [-0.05, 0) is 72.8 Å². The van der Waals surface area contributed by atoms with E-state index in [0.29, 0.717) is 16.3 Å². The first-order chi connectivity index (χ1) is 11.1. The van der Waals surface area contributed by atoms with Gasteiger partial charge < -0.3 is 4.42 Å². The molecule has 0 radical (unpaired) electrons. The summed E-state index contributed by atoms with van der Waals surface area (Å²) in [5.41, 5.74) is 1.57. The van der Waals surface area contributed by atoms with Crippen LogP contribution >= 0.6 is 27.5 Å². The van der Waals surface area contributed by atoms with Crippen molar-refractivity contribution >= 4 is 39.4 Å². The molecule has 0 bridgehead atoms. The van der Waals surface area contributed by atoms with Crippen LogP contribution in [0.4, 0.5) is 0 Å². The predicted octanol–water partition coefficient (Wildman–Crippen LogP) is 6.26. The lowest BCUT2D eigenvalue weighted by atomic mass is 10.1. The van der Waals surface area contributed by atoms with Crippen molar-refractivity contribution in [3.05, 3.63) is 87.6 Å². The lowest BCUT2D eigenvalue weighted by Gasteiger charge is -1.97. The van der Waals surface area contributed by atoms with Crippen LogP contribution in [0.3, 0.4) is 0 Å². The number of hydrogen-bond donors (Lipinski definition) is 0. The molecule has 23 heavy (non-hydrogen) atoms. The van der Waals surface area contributed by atoms with Crippen molar-refractivity contribution in [1.82, 2.24) is 0 Å². The molecule has 0 unspecified atom stereocenters. The summed E-state index contributed by atoms with van der Waals surface area (Å²) in [4.78, 5) is 12.1. The van der Waals surface area contributed by atoms with Gasteiger partial charge in [-0.1, -0.05) is 27.5 Å². The summed E-state index contributed by atoms with van der Waals surface area (Å²) < 4.78 is 6.67. The average molecular weight is 388 g/mol. The molecule has 1 heterocycles. The molecule has 1 aromatic heterocycles. The third-order valence-corrected chi connectivity index (χ3v) is 4.06. The van der Waals surface area contributed by atoms with E-state index in [1.807, 2.05) is 48.5 Å². The minimum absolute atomic E-state index is 0.0676. The van der Waals surface area contributed by atoms with Crippen LogP contribution in [0.15, 0.2) is 75.6 Å². The topological polar surface area (TPSA) is 30.2 Å². The number of rotatable bonds is 4. The quantitative estimate of drug-likeness (QED) is 0.391. The Balaban J connectivity index is 1.74. The fourth-order valence-corrected chi connectivity index (χ4v) is 2.47. The van der Waals surface area contributed by atoms with Gasteiger partial charge in [0.15, 0.2) is 5.78 Å². The van der Waals surface area contributed by atoms with Crippen molar-refractivity contribution in [3.8, 4) is 11.3 Å². The summed E-state index contributed by atoms with van der Waals surface area (Å²) in [6.07, 6.45) is 3.18. The molecule has 0 fully saturated rings. The highest BCUT2D eigenvalue weighted by Gasteiger charge is 2.05. The number of furan rings is 1. The Hall–Kier alpha value is -2.10. The van der Waals surface area contributed by atoms with E-state index in [2.05, 4.69) is 15.9 Å². The molecule has 0 atom stereocenters. The van der Waals surface area contributed by atoms with Crippen LogP contribution in [0.25, 0.3) is 17.4 Å². The molecule has 2 aromatic carbocycles. The molecular formula is C19H12BrClO2. The van der Waals surface area contributed by atoms with Crippen molar-refractivity contribution in [3.63, 3.8) is 0 Å². The third kappa shape index (κ3) is 4.01. The van der Waals surface area contributed by atoms with Crippen molar-refractivity contribution in [2.75, 3.05) is 0 Å². The van der Waals surface area contributed by atoms with Crippen LogP contribution in [0.2, 0.25) is 5.02 Å². The Kier molecular flexibility index (Phi) is 4.79. The predicted molar refractivity (Wildman–Crippen MR) is 96.7 cm³/mol. The fourth-order valence-electron chi connectivity index (χ4n) is 2.08. The average Bonchev–Trinajstić information content (AvgIpc) is 3.03. The third-order valence-electron chi connectivity index (χ3n) is 3.28. The molecule has 114 valence electrons. The molecule has 3 aromatic rings. The molecule has 0 saturated carbocycles. The second-order valence-corrected chi connectivity index (χ2v) is 6.27. The standard InChI is InChI=1S/C19H12BrClO2/c20-15-5-1-13(2-6-15)18(22)11-9-17-10-12-19(23-17)14-3-7-16(21)8-4-14/h1-12H/b11-9+. The maximum absolute atomic E-state index is 12.1. The van der Waals surface area contributed by atoms with Crippen LogP contribution in [-0.2, 0) is 0 Å². The first-order valence-electron chi connectivity index (χ1n) is 6.95. The summed E-state index contributed by atoms with van der Waals surface area (Å²) in [6.45, 7) is 0. The van der Waals surface area contributed by atoms with E-state index in [0.717, 1.165) is 15.8 Å². The van der Waals surface area contributed by atoms with E-state index in [9.17, 15) is 4.79 Å². The zero-order valence-corrected chi connectivity index (χ0v) is 14.3. The Morgan fingerprint density at radius 1 is 0.957 bits per heavy atom. The van der Waals surface area contributed by atoms with Crippen molar-refractivity contribution < 1.29 is 9.21 Å². The second kappa shape index (κ2) is 6.99. The molecule has 0 saturated heterocycles. The lowest BCUT2D eigenvalue weighted by molar-refractivity contribution is 0.104. The normalized spacial score (nSPS) is 11.0. The van der Waals surface area contributed by atoms with Gasteiger partial charge in [0.05, 0.1) is 0 Å². The zero-order chi connectivity index (χ0) is 16.2. The van der Waals surface area contributed by atoms with E-state index >= 15 is 0 Å². The van der Waals surface area contributed by atoms with E-state index in [4.69, 9.17) is 16.0 Å². The summed E-state index contributed by atoms with van der Waals surface area (Å²) >= 11 is 9.22. The number of carbonyl (C=O) groups is 1.